The number of fused-ring (bicyclic) bond motifs is 1. The summed E-state index contributed by atoms with van der Waals surface area (Å²) in [5.74, 6) is 0.179. The molecule has 1 aliphatic heterocycles. The fourth-order valence-corrected chi connectivity index (χ4v) is 4.50. The lowest BCUT2D eigenvalue weighted by Crippen LogP contribution is -2.34. The average molecular weight is 387 g/mol. The second-order valence-corrected chi connectivity index (χ2v) is 9.04. The molecule has 0 radical (unpaired) electrons. The molecule has 5 nitrogen and oxygen atoms in total. The standard InChI is InChI=1S/C21H26N2O3S/c1-4-15(2)18-9-5-6-10-19(18)22-21(24)17-11-12-20-16(14-17)8-7-13-23(20)27(3,25)26/h5-6,9-12,14-15H,4,7-8,13H2,1-3H3,(H,22,24). The molecular weight excluding hydrogens is 360 g/mol. The maximum Gasteiger partial charge on any atom is 0.255 e. The van der Waals surface area contributed by atoms with Crippen LogP contribution in [0.1, 0.15) is 54.1 Å². The number of anilines is 2. The van der Waals surface area contributed by atoms with Crippen molar-refractivity contribution < 1.29 is 13.2 Å². The van der Waals surface area contributed by atoms with Crippen LogP contribution < -0.4 is 9.62 Å². The average Bonchev–Trinajstić information content (AvgIpc) is 2.66. The van der Waals surface area contributed by atoms with E-state index in [0.717, 1.165) is 36.1 Å². The number of hydrogen-bond acceptors (Lipinski definition) is 3. The third kappa shape index (κ3) is 4.16. The van der Waals surface area contributed by atoms with E-state index in [-0.39, 0.29) is 5.91 Å². The van der Waals surface area contributed by atoms with Crippen LogP contribution in [-0.4, -0.2) is 27.1 Å². The van der Waals surface area contributed by atoms with E-state index in [4.69, 9.17) is 0 Å². The summed E-state index contributed by atoms with van der Waals surface area (Å²) in [5, 5.41) is 3.02. The van der Waals surface area contributed by atoms with Crippen molar-refractivity contribution in [2.75, 3.05) is 22.4 Å². The molecule has 2 aromatic carbocycles. The van der Waals surface area contributed by atoms with Crippen molar-refractivity contribution in [1.82, 2.24) is 0 Å². The van der Waals surface area contributed by atoms with Gasteiger partial charge in [-0.2, -0.15) is 0 Å². The molecule has 0 bridgehead atoms. The summed E-state index contributed by atoms with van der Waals surface area (Å²) in [6.45, 7) is 4.75. The summed E-state index contributed by atoms with van der Waals surface area (Å²) in [6, 6.07) is 13.1. The van der Waals surface area contributed by atoms with Gasteiger partial charge in [0.1, 0.15) is 0 Å². The number of carbonyl (C=O) groups is 1. The van der Waals surface area contributed by atoms with E-state index >= 15 is 0 Å². The SMILES string of the molecule is CCC(C)c1ccccc1NC(=O)c1ccc2c(c1)CCCN2S(C)(=O)=O. The van der Waals surface area contributed by atoms with E-state index < -0.39 is 10.0 Å². The van der Waals surface area contributed by atoms with Gasteiger partial charge in [0.15, 0.2) is 0 Å². The van der Waals surface area contributed by atoms with E-state index in [9.17, 15) is 13.2 Å². The topological polar surface area (TPSA) is 66.5 Å². The normalized spacial score (nSPS) is 15.1. The number of amides is 1. The number of nitrogens with zero attached hydrogens (tertiary/aromatic N) is 1. The zero-order chi connectivity index (χ0) is 19.6. The molecule has 144 valence electrons. The molecule has 0 saturated carbocycles. The second kappa shape index (κ2) is 7.72. The third-order valence-corrected chi connectivity index (χ3v) is 6.35. The van der Waals surface area contributed by atoms with Crippen LogP contribution in [0.4, 0.5) is 11.4 Å². The Hall–Kier alpha value is -2.34. The van der Waals surface area contributed by atoms with Crippen LogP contribution in [0.2, 0.25) is 0 Å². The van der Waals surface area contributed by atoms with Gasteiger partial charge in [0.2, 0.25) is 10.0 Å². The predicted molar refractivity (Wildman–Crippen MR) is 110 cm³/mol. The molecule has 1 heterocycles. The lowest BCUT2D eigenvalue weighted by Gasteiger charge is -2.29. The number of aryl methyl sites for hydroxylation is 1. The molecule has 0 fully saturated rings. The Balaban J connectivity index is 1.88. The van der Waals surface area contributed by atoms with Crippen LogP contribution in [0.5, 0.6) is 0 Å². The highest BCUT2D eigenvalue weighted by Gasteiger charge is 2.24. The highest BCUT2D eigenvalue weighted by atomic mass is 32.2. The maximum absolute atomic E-state index is 12.8. The Labute approximate surface area is 161 Å². The molecule has 6 heteroatoms. The molecule has 1 N–H and O–H groups in total. The lowest BCUT2D eigenvalue weighted by atomic mass is 9.96. The summed E-state index contributed by atoms with van der Waals surface area (Å²) in [4.78, 5) is 12.8. The summed E-state index contributed by atoms with van der Waals surface area (Å²) < 4.78 is 25.4. The van der Waals surface area contributed by atoms with Crippen molar-refractivity contribution in [3.05, 3.63) is 59.2 Å². The molecular formula is C21H26N2O3S. The number of para-hydroxylation sites is 1. The quantitative estimate of drug-likeness (QED) is 0.839. The van der Waals surface area contributed by atoms with Crippen molar-refractivity contribution >= 4 is 27.3 Å². The highest BCUT2D eigenvalue weighted by molar-refractivity contribution is 7.92. The maximum atomic E-state index is 12.8. The van der Waals surface area contributed by atoms with E-state index in [1.165, 1.54) is 10.6 Å². The van der Waals surface area contributed by atoms with Crippen LogP contribution >= 0.6 is 0 Å². The molecule has 2 aromatic rings. The molecule has 1 aliphatic rings. The van der Waals surface area contributed by atoms with Crippen LogP contribution in [0.3, 0.4) is 0 Å². The fraction of sp³-hybridized carbons (Fsp3) is 0.381. The van der Waals surface area contributed by atoms with E-state index in [2.05, 4.69) is 19.2 Å². The molecule has 27 heavy (non-hydrogen) atoms. The van der Waals surface area contributed by atoms with Gasteiger partial charge in [0.05, 0.1) is 11.9 Å². The van der Waals surface area contributed by atoms with Crippen LogP contribution in [0, 0.1) is 0 Å². The van der Waals surface area contributed by atoms with E-state index in [1.54, 1.807) is 12.1 Å². The van der Waals surface area contributed by atoms with Gasteiger partial charge in [0, 0.05) is 17.8 Å². The number of rotatable bonds is 5. The lowest BCUT2D eigenvalue weighted by molar-refractivity contribution is 0.102. The Morgan fingerprint density at radius 3 is 2.67 bits per heavy atom. The number of carbonyl (C=O) groups excluding carboxylic acids is 1. The van der Waals surface area contributed by atoms with Crippen molar-refractivity contribution in [3.8, 4) is 0 Å². The van der Waals surface area contributed by atoms with Gasteiger partial charge >= 0.3 is 0 Å². The van der Waals surface area contributed by atoms with Gasteiger partial charge in [-0.3, -0.25) is 9.10 Å². The van der Waals surface area contributed by atoms with Crippen molar-refractivity contribution in [1.29, 1.82) is 0 Å². The largest absolute Gasteiger partial charge is 0.322 e. The first-order valence-electron chi connectivity index (χ1n) is 9.32. The van der Waals surface area contributed by atoms with Gasteiger partial charge in [0.25, 0.3) is 5.91 Å². The second-order valence-electron chi connectivity index (χ2n) is 7.13. The molecule has 3 rings (SSSR count). The van der Waals surface area contributed by atoms with Gasteiger partial charge in [-0.1, -0.05) is 32.0 Å². The predicted octanol–water partition coefficient (Wildman–Crippen LogP) is 4.16. The first kappa shape index (κ1) is 19.4. The highest BCUT2D eigenvalue weighted by Crippen LogP contribution is 2.31. The van der Waals surface area contributed by atoms with Crippen LogP contribution in [0.25, 0.3) is 0 Å². The number of nitrogens with one attached hydrogen (secondary N) is 1. The summed E-state index contributed by atoms with van der Waals surface area (Å²) >= 11 is 0. The van der Waals surface area contributed by atoms with Crippen molar-refractivity contribution in [2.45, 2.75) is 39.0 Å². The fourth-order valence-electron chi connectivity index (χ4n) is 3.50. The van der Waals surface area contributed by atoms with Gasteiger partial charge in [-0.25, -0.2) is 8.42 Å². The van der Waals surface area contributed by atoms with Gasteiger partial charge in [-0.15, -0.1) is 0 Å². The third-order valence-electron chi connectivity index (χ3n) is 5.17. The van der Waals surface area contributed by atoms with E-state index in [0.29, 0.717) is 23.7 Å². The number of benzene rings is 2. The van der Waals surface area contributed by atoms with E-state index in [1.807, 2.05) is 30.3 Å². The Bertz CT molecular complexity index is 954. The first-order chi connectivity index (χ1) is 12.8. The summed E-state index contributed by atoms with van der Waals surface area (Å²) in [6.07, 6.45) is 3.73. The van der Waals surface area contributed by atoms with Gasteiger partial charge < -0.3 is 5.32 Å². The number of sulfonamides is 1. The minimum Gasteiger partial charge on any atom is -0.322 e. The Morgan fingerprint density at radius 2 is 1.96 bits per heavy atom. The van der Waals surface area contributed by atoms with Crippen LogP contribution in [-0.2, 0) is 16.4 Å². The first-order valence-corrected chi connectivity index (χ1v) is 11.2. The monoisotopic (exact) mass is 386 g/mol. The summed E-state index contributed by atoms with van der Waals surface area (Å²) in [7, 11) is -3.31. The minimum atomic E-state index is -3.31. The molecule has 0 aromatic heterocycles. The minimum absolute atomic E-state index is 0.176. The zero-order valence-electron chi connectivity index (χ0n) is 16.0. The Morgan fingerprint density at radius 1 is 1.22 bits per heavy atom. The molecule has 1 unspecified atom stereocenters. The molecule has 1 amide bonds. The van der Waals surface area contributed by atoms with Crippen LogP contribution in [0.15, 0.2) is 42.5 Å². The smallest absolute Gasteiger partial charge is 0.255 e. The molecule has 0 aliphatic carbocycles. The Kier molecular flexibility index (Phi) is 5.56. The summed E-state index contributed by atoms with van der Waals surface area (Å²) in [5.41, 5.74) is 4.07. The molecule has 1 atom stereocenters. The zero-order valence-corrected chi connectivity index (χ0v) is 16.8. The number of hydrogen-bond donors (Lipinski definition) is 1. The van der Waals surface area contributed by atoms with Gasteiger partial charge in [-0.05, 0) is 60.6 Å². The molecule has 0 saturated heterocycles. The van der Waals surface area contributed by atoms with Crippen molar-refractivity contribution in [3.63, 3.8) is 0 Å². The van der Waals surface area contributed by atoms with Crippen molar-refractivity contribution in [2.24, 2.45) is 0 Å². The molecule has 0 spiro atoms.